The third kappa shape index (κ3) is 2.85. The van der Waals surface area contributed by atoms with Crippen molar-refractivity contribution < 1.29 is 8.42 Å². The van der Waals surface area contributed by atoms with Gasteiger partial charge < -0.3 is 0 Å². The first-order chi connectivity index (χ1) is 10.0. The fourth-order valence-corrected chi connectivity index (χ4v) is 2.65. The van der Waals surface area contributed by atoms with Crippen molar-refractivity contribution in [3.8, 4) is 22.8 Å². The number of aromatic nitrogens is 3. The Morgan fingerprint density at radius 3 is 2.38 bits per heavy atom. The van der Waals surface area contributed by atoms with E-state index in [0.717, 1.165) is 5.56 Å². The summed E-state index contributed by atoms with van der Waals surface area (Å²) in [5.74, 6) is 1.12. The second-order valence-corrected chi connectivity index (χ2v) is 6.69. The minimum Gasteiger partial charge on any atom is -0.259 e. The van der Waals surface area contributed by atoms with E-state index >= 15 is 0 Å². The summed E-state index contributed by atoms with van der Waals surface area (Å²) in [6.45, 7) is 0. The summed E-state index contributed by atoms with van der Waals surface area (Å²) in [6, 6.07) is 16.2. The number of H-pyrrole nitrogens is 1. The molecule has 1 heterocycles. The average molecular weight is 299 g/mol. The molecule has 2 aromatic carbocycles. The van der Waals surface area contributed by atoms with Gasteiger partial charge in [-0.3, -0.25) is 5.10 Å². The van der Waals surface area contributed by atoms with Crippen molar-refractivity contribution in [3.63, 3.8) is 0 Å². The van der Waals surface area contributed by atoms with Gasteiger partial charge in [-0.1, -0.05) is 42.5 Å². The van der Waals surface area contributed by atoms with E-state index in [4.69, 9.17) is 0 Å². The molecule has 0 aliphatic rings. The van der Waals surface area contributed by atoms with E-state index in [2.05, 4.69) is 15.2 Å². The summed E-state index contributed by atoms with van der Waals surface area (Å²) in [5, 5.41) is 7.02. The second-order valence-electron chi connectivity index (χ2n) is 4.67. The molecule has 0 saturated heterocycles. The van der Waals surface area contributed by atoms with Crippen LogP contribution in [0.2, 0.25) is 0 Å². The van der Waals surface area contributed by atoms with Gasteiger partial charge in [0.1, 0.15) is 0 Å². The average Bonchev–Trinajstić information content (AvgIpc) is 2.97. The molecular weight excluding hydrogens is 286 g/mol. The van der Waals surface area contributed by atoms with Crippen LogP contribution in [0, 0.1) is 0 Å². The zero-order valence-electron chi connectivity index (χ0n) is 11.3. The van der Waals surface area contributed by atoms with Crippen LogP contribution in [0.4, 0.5) is 0 Å². The Morgan fingerprint density at radius 1 is 0.952 bits per heavy atom. The molecular formula is C15H13N3O2S. The Balaban J connectivity index is 2.01. The highest BCUT2D eigenvalue weighted by Gasteiger charge is 2.11. The molecule has 0 atom stereocenters. The third-order valence-corrected chi connectivity index (χ3v) is 4.16. The summed E-state index contributed by atoms with van der Waals surface area (Å²) < 4.78 is 23.2. The predicted molar refractivity (Wildman–Crippen MR) is 80.4 cm³/mol. The Kier molecular flexibility index (Phi) is 3.31. The van der Waals surface area contributed by atoms with E-state index in [-0.39, 0.29) is 4.90 Å². The fraction of sp³-hybridized carbons (Fsp3) is 0.0667. The van der Waals surface area contributed by atoms with E-state index in [1.165, 1.54) is 6.26 Å². The molecule has 0 unspecified atom stereocenters. The van der Waals surface area contributed by atoms with Gasteiger partial charge in [-0.15, -0.1) is 0 Å². The first kappa shape index (κ1) is 13.5. The molecule has 1 aromatic heterocycles. The molecule has 0 spiro atoms. The maximum absolute atomic E-state index is 11.6. The number of rotatable bonds is 3. The summed E-state index contributed by atoms with van der Waals surface area (Å²) in [6.07, 6.45) is 1.18. The lowest BCUT2D eigenvalue weighted by Crippen LogP contribution is -1.97. The zero-order chi connectivity index (χ0) is 14.9. The van der Waals surface area contributed by atoms with Gasteiger partial charge in [0.15, 0.2) is 21.5 Å². The van der Waals surface area contributed by atoms with Gasteiger partial charge in [0.05, 0.1) is 4.90 Å². The summed E-state index contributed by atoms with van der Waals surface area (Å²) in [4.78, 5) is 4.67. The van der Waals surface area contributed by atoms with E-state index < -0.39 is 9.84 Å². The third-order valence-electron chi connectivity index (χ3n) is 3.05. The molecule has 21 heavy (non-hydrogen) atoms. The van der Waals surface area contributed by atoms with Crippen molar-refractivity contribution in [1.82, 2.24) is 15.2 Å². The highest BCUT2D eigenvalue weighted by Crippen LogP contribution is 2.22. The number of sulfone groups is 1. The van der Waals surface area contributed by atoms with Crippen molar-refractivity contribution in [2.45, 2.75) is 4.90 Å². The Morgan fingerprint density at radius 2 is 1.67 bits per heavy atom. The van der Waals surface area contributed by atoms with Gasteiger partial charge in [0, 0.05) is 17.4 Å². The second kappa shape index (κ2) is 5.14. The van der Waals surface area contributed by atoms with Crippen LogP contribution in [0.1, 0.15) is 0 Å². The lowest BCUT2D eigenvalue weighted by Gasteiger charge is -2.00. The van der Waals surface area contributed by atoms with Gasteiger partial charge in [0.2, 0.25) is 0 Å². The first-order valence-electron chi connectivity index (χ1n) is 6.32. The van der Waals surface area contributed by atoms with Crippen molar-refractivity contribution in [2.75, 3.05) is 6.26 Å². The van der Waals surface area contributed by atoms with Gasteiger partial charge >= 0.3 is 0 Å². The van der Waals surface area contributed by atoms with Crippen LogP contribution >= 0.6 is 0 Å². The van der Waals surface area contributed by atoms with Gasteiger partial charge in [-0.25, -0.2) is 13.4 Å². The largest absolute Gasteiger partial charge is 0.259 e. The van der Waals surface area contributed by atoms with Crippen LogP contribution in [0.25, 0.3) is 22.8 Å². The SMILES string of the molecule is CS(=O)(=O)c1cccc(-c2n[nH]c(-c3ccccc3)n2)c1. The van der Waals surface area contributed by atoms with E-state index in [1.807, 2.05) is 30.3 Å². The van der Waals surface area contributed by atoms with E-state index in [0.29, 0.717) is 17.2 Å². The molecule has 3 aromatic rings. The molecule has 106 valence electrons. The summed E-state index contributed by atoms with van der Waals surface area (Å²) >= 11 is 0. The van der Waals surface area contributed by atoms with Crippen LogP contribution in [-0.4, -0.2) is 29.9 Å². The first-order valence-corrected chi connectivity index (χ1v) is 8.21. The maximum atomic E-state index is 11.6. The number of benzene rings is 2. The molecule has 0 aliphatic carbocycles. The molecule has 0 fully saturated rings. The highest BCUT2D eigenvalue weighted by atomic mass is 32.2. The number of hydrogen-bond acceptors (Lipinski definition) is 4. The Hall–Kier alpha value is -2.47. The molecule has 6 heteroatoms. The molecule has 0 amide bonds. The van der Waals surface area contributed by atoms with Crippen molar-refractivity contribution in [1.29, 1.82) is 0 Å². The Bertz CT molecular complexity index is 871. The van der Waals surface area contributed by atoms with Crippen LogP contribution in [0.15, 0.2) is 59.5 Å². The quantitative estimate of drug-likeness (QED) is 0.806. The van der Waals surface area contributed by atoms with Crippen molar-refractivity contribution >= 4 is 9.84 Å². The monoisotopic (exact) mass is 299 g/mol. The van der Waals surface area contributed by atoms with Crippen LogP contribution < -0.4 is 0 Å². The van der Waals surface area contributed by atoms with Crippen molar-refractivity contribution in [3.05, 3.63) is 54.6 Å². The molecule has 0 aliphatic heterocycles. The molecule has 3 rings (SSSR count). The normalized spacial score (nSPS) is 11.5. The number of aromatic amines is 1. The topological polar surface area (TPSA) is 75.7 Å². The van der Waals surface area contributed by atoms with Crippen LogP contribution in [-0.2, 0) is 9.84 Å². The number of nitrogens with one attached hydrogen (secondary N) is 1. The smallest absolute Gasteiger partial charge is 0.181 e. The molecule has 0 radical (unpaired) electrons. The zero-order valence-corrected chi connectivity index (χ0v) is 12.1. The van der Waals surface area contributed by atoms with E-state index in [1.54, 1.807) is 24.3 Å². The van der Waals surface area contributed by atoms with Crippen LogP contribution in [0.5, 0.6) is 0 Å². The minimum absolute atomic E-state index is 0.256. The standard InChI is InChI=1S/C15H13N3O2S/c1-21(19,20)13-9-5-8-12(10-13)15-16-14(17-18-15)11-6-3-2-4-7-11/h2-10H,1H3,(H,16,17,18). The highest BCUT2D eigenvalue weighted by molar-refractivity contribution is 7.90. The molecule has 0 bridgehead atoms. The van der Waals surface area contributed by atoms with Gasteiger partial charge in [-0.05, 0) is 12.1 Å². The summed E-state index contributed by atoms with van der Waals surface area (Å²) in [5.41, 5.74) is 1.59. The number of nitrogens with zero attached hydrogens (tertiary/aromatic N) is 2. The molecule has 5 nitrogen and oxygen atoms in total. The lowest BCUT2D eigenvalue weighted by molar-refractivity contribution is 0.602. The summed E-state index contributed by atoms with van der Waals surface area (Å²) in [7, 11) is -3.24. The predicted octanol–water partition coefficient (Wildman–Crippen LogP) is 2.54. The fourth-order valence-electron chi connectivity index (χ4n) is 1.98. The van der Waals surface area contributed by atoms with Gasteiger partial charge in [-0.2, -0.15) is 5.10 Å². The maximum Gasteiger partial charge on any atom is 0.181 e. The lowest BCUT2D eigenvalue weighted by atomic mass is 10.2. The van der Waals surface area contributed by atoms with Crippen molar-refractivity contribution in [2.24, 2.45) is 0 Å². The molecule has 1 N–H and O–H groups in total. The van der Waals surface area contributed by atoms with E-state index in [9.17, 15) is 8.42 Å². The minimum atomic E-state index is -3.24. The number of hydrogen-bond donors (Lipinski definition) is 1. The Labute approximate surface area is 122 Å². The van der Waals surface area contributed by atoms with Crippen LogP contribution in [0.3, 0.4) is 0 Å². The molecule has 0 saturated carbocycles. The van der Waals surface area contributed by atoms with Gasteiger partial charge in [0.25, 0.3) is 0 Å².